The number of pyridine rings is 1. The van der Waals surface area contributed by atoms with Crippen LogP contribution in [0.3, 0.4) is 0 Å². The Bertz CT molecular complexity index is 284. The normalized spacial score (nSPS) is 8.33. The number of nitrogens with zero attached hydrogens (tertiary/aromatic N) is 1. The first-order valence-electron chi connectivity index (χ1n) is 3.04. The van der Waals surface area contributed by atoms with E-state index >= 15 is 0 Å². The molecule has 1 rings (SSSR count). The molecule has 0 aliphatic carbocycles. The van der Waals surface area contributed by atoms with Gasteiger partial charge in [-0.15, -0.1) is 0 Å². The van der Waals surface area contributed by atoms with E-state index in [0.29, 0.717) is 5.56 Å². The van der Waals surface area contributed by atoms with Crippen LogP contribution < -0.4 is 0 Å². The van der Waals surface area contributed by atoms with E-state index in [1.165, 1.54) is 6.20 Å². The second-order valence-electron chi connectivity index (χ2n) is 2.03. The van der Waals surface area contributed by atoms with Crippen LogP contribution in [0, 0.1) is 49.4 Å². The van der Waals surface area contributed by atoms with Gasteiger partial charge in [0.25, 0.3) is 0 Å². The van der Waals surface area contributed by atoms with Crippen molar-refractivity contribution in [3.8, 4) is 0 Å². The van der Waals surface area contributed by atoms with Gasteiger partial charge < -0.3 is 5.11 Å². The molecule has 0 saturated heterocycles. The van der Waals surface area contributed by atoms with Gasteiger partial charge in [0.2, 0.25) is 0 Å². The zero-order valence-electron chi connectivity index (χ0n) is 6.20. The van der Waals surface area contributed by atoms with Crippen molar-refractivity contribution >= 4 is 11.5 Å². The zero-order chi connectivity index (χ0) is 8.27. The molecule has 0 atom stereocenters. The quantitative estimate of drug-likeness (QED) is 0.835. The van der Waals surface area contributed by atoms with Crippen LogP contribution in [0.25, 0.3) is 5.57 Å². The van der Waals surface area contributed by atoms with E-state index in [1.54, 1.807) is 18.3 Å². The number of aromatic nitrogens is 1. The van der Waals surface area contributed by atoms with Crippen molar-refractivity contribution in [2.75, 3.05) is 0 Å². The predicted molar refractivity (Wildman–Crippen MR) is 40.9 cm³/mol. The molecular formula is C8H7EuNO2. The van der Waals surface area contributed by atoms with Crippen molar-refractivity contribution in [3.05, 3.63) is 36.7 Å². The smallest absolute Gasteiger partial charge is 0.335 e. The molecule has 63 valence electrons. The molecule has 0 aliphatic heterocycles. The number of hydrogen-bond acceptors (Lipinski definition) is 2. The standard InChI is InChI=1S/C8H7NO2.Eu/c1-6(8(10)11)7-3-2-4-9-5-7;/h2-5H,1H2,(H,10,11);. The maximum Gasteiger partial charge on any atom is 0.335 e. The van der Waals surface area contributed by atoms with E-state index in [4.69, 9.17) is 5.11 Å². The summed E-state index contributed by atoms with van der Waals surface area (Å²) in [6, 6.07) is 3.33. The van der Waals surface area contributed by atoms with Gasteiger partial charge in [0.15, 0.2) is 0 Å². The fraction of sp³-hybridized carbons (Fsp3) is 0. The van der Waals surface area contributed by atoms with Gasteiger partial charge in [0.1, 0.15) is 0 Å². The molecule has 1 N–H and O–H groups in total. The molecule has 0 fully saturated rings. The summed E-state index contributed by atoms with van der Waals surface area (Å²) in [4.78, 5) is 14.1. The van der Waals surface area contributed by atoms with Crippen molar-refractivity contribution in [3.63, 3.8) is 0 Å². The maximum absolute atomic E-state index is 10.4. The van der Waals surface area contributed by atoms with Crippen LogP contribution in [0.15, 0.2) is 31.1 Å². The van der Waals surface area contributed by atoms with Gasteiger partial charge in [-0.05, 0) is 6.07 Å². The molecule has 3 nitrogen and oxygen atoms in total. The summed E-state index contributed by atoms with van der Waals surface area (Å²) in [7, 11) is 0. The molecule has 4 heteroatoms. The van der Waals surface area contributed by atoms with Gasteiger partial charge in [-0.3, -0.25) is 4.98 Å². The van der Waals surface area contributed by atoms with E-state index in [1.807, 2.05) is 0 Å². The SMILES string of the molecule is C=C(C(=O)O)c1cccnc1.[Eu]. The van der Waals surface area contributed by atoms with Gasteiger partial charge in [-0.1, -0.05) is 12.6 Å². The molecule has 1 radical (unpaired) electrons. The first-order chi connectivity index (χ1) is 5.22. The molecule has 0 spiro atoms. The Labute approximate surface area is 111 Å². The van der Waals surface area contributed by atoms with E-state index in [9.17, 15) is 4.79 Å². The minimum absolute atomic E-state index is 0. The molecular weight excluding hydrogens is 294 g/mol. The van der Waals surface area contributed by atoms with Crippen molar-refractivity contribution in [1.82, 2.24) is 4.98 Å². The third kappa shape index (κ3) is 3.13. The summed E-state index contributed by atoms with van der Waals surface area (Å²) < 4.78 is 0. The predicted octanol–water partition coefficient (Wildman–Crippen LogP) is 1.18. The number of aliphatic carboxylic acids is 1. The fourth-order valence-electron chi connectivity index (χ4n) is 0.665. The van der Waals surface area contributed by atoms with Gasteiger partial charge in [0.05, 0.1) is 5.57 Å². The van der Waals surface area contributed by atoms with Crippen LogP contribution in [0.4, 0.5) is 0 Å². The fourth-order valence-corrected chi connectivity index (χ4v) is 0.665. The van der Waals surface area contributed by atoms with Crippen molar-refractivity contribution in [1.29, 1.82) is 0 Å². The van der Waals surface area contributed by atoms with Crippen LogP contribution in [0.1, 0.15) is 5.56 Å². The van der Waals surface area contributed by atoms with Gasteiger partial charge >= 0.3 is 5.97 Å². The molecule has 0 aromatic carbocycles. The maximum atomic E-state index is 10.4. The molecule has 0 saturated carbocycles. The van der Waals surface area contributed by atoms with E-state index in [-0.39, 0.29) is 54.9 Å². The Balaban J connectivity index is 0.00000121. The first-order valence-corrected chi connectivity index (χ1v) is 3.04. The Kier molecular flexibility index (Phi) is 5.54. The average Bonchev–Trinajstić information content (AvgIpc) is 2.05. The van der Waals surface area contributed by atoms with Gasteiger partial charge in [-0.2, -0.15) is 0 Å². The Hall–Kier alpha value is -0.0556. The minimum Gasteiger partial charge on any atom is -0.478 e. The number of rotatable bonds is 2. The summed E-state index contributed by atoms with van der Waals surface area (Å²) in [6.07, 6.45) is 3.05. The number of carboxylic acids is 1. The largest absolute Gasteiger partial charge is 0.478 e. The van der Waals surface area contributed by atoms with E-state index in [2.05, 4.69) is 11.6 Å². The van der Waals surface area contributed by atoms with Gasteiger partial charge in [-0.25, -0.2) is 4.79 Å². The summed E-state index contributed by atoms with van der Waals surface area (Å²) >= 11 is 0. The molecule has 0 aliphatic rings. The second-order valence-corrected chi connectivity index (χ2v) is 2.03. The average molecular weight is 301 g/mol. The molecule has 0 bridgehead atoms. The molecule has 1 heterocycles. The summed E-state index contributed by atoms with van der Waals surface area (Å²) in [5.41, 5.74) is 0.609. The van der Waals surface area contributed by atoms with Crippen LogP contribution in [0.2, 0.25) is 0 Å². The summed E-state index contributed by atoms with van der Waals surface area (Å²) in [5.74, 6) is -1.02. The third-order valence-electron chi connectivity index (χ3n) is 1.27. The monoisotopic (exact) mass is 302 g/mol. The van der Waals surface area contributed by atoms with Crippen LogP contribution in [0.5, 0.6) is 0 Å². The van der Waals surface area contributed by atoms with Crippen molar-refractivity contribution in [2.24, 2.45) is 0 Å². The molecule has 1 aromatic heterocycles. The topological polar surface area (TPSA) is 50.2 Å². The number of carboxylic acid groups (broad SMARTS) is 1. The number of carbonyl (C=O) groups is 1. The zero-order valence-corrected chi connectivity index (χ0v) is 8.62. The molecule has 1 aromatic rings. The van der Waals surface area contributed by atoms with Crippen LogP contribution in [-0.4, -0.2) is 16.1 Å². The second kappa shape index (κ2) is 5.57. The first kappa shape index (κ1) is 11.9. The summed E-state index contributed by atoms with van der Waals surface area (Å²) in [6.45, 7) is 3.38. The van der Waals surface area contributed by atoms with E-state index in [0.717, 1.165) is 0 Å². The van der Waals surface area contributed by atoms with Crippen molar-refractivity contribution in [2.45, 2.75) is 0 Å². The Morgan fingerprint density at radius 2 is 2.25 bits per heavy atom. The van der Waals surface area contributed by atoms with Crippen LogP contribution in [-0.2, 0) is 4.79 Å². The molecule has 0 unspecified atom stereocenters. The summed E-state index contributed by atoms with van der Waals surface area (Å²) in [5, 5.41) is 8.51. The van der Waals surface area contributed by atoms with Gasteiger partial charge in [0, 0.05) is 67.3 Å². The molecule has 0 amide bonds. The number of hydrogen-bond donors (Lipinski definition) is 1. The Morgan fingerprint density at radius 3 is 2.67 bits per heavy atom. The minimum atomic E-state index is -1.02. The van der Waals surface area contributed by atoms with Crippen LogP contribution >= 0.6 is 0 Å². The molecule has 12 heavy (non-hydrogen) atoms. The Morgan fingerprint density at radius 1 is 1.58 bits per heavy atom. The van der Waals surface area contributed by atoms with Crippen molar-refractivity contribution < 1.29 is 59.3 Å². The van der Waals surface area contributed by atoms with E-state index < -0.39 is 5.97 Å². The third-order valence-corrected chi connectivity index (χ3v) is 1.27.